The molecule has 26 heavy (non-hydrogen) atoms. The van der Waals surface area contributed by atoms with E-state index < -0.39 is 0 Å². The molecule has 0 saturated heterocycles. The number of amides is 1. The Morgan fingerprint density at radius 1 is 1.00 bits per heavy atom. The van der Waals surface area contributed by atoms with Gasteiger partial charge >= 0.3 is 0 Å². The Labute approximate surface area is 156 Å². The summed E-state index contributed by atoms with van der Waals surface area (Å²) in [6, 6.07) is 17.6. The largest absolute Gasteiger partial charge is 0.492 e. The fourth-order valence-corrected chi connectivity index (χ4v) is 2.37. The van der Waals surface area contributed by atoms with Crippen molar-refractivity contribution in [1.82, 2.24) is 10.2 Å². The molecule has 1 heterocycles. The fraction of sp³-hybridized carbons (Fsp3) is 0.105. The molecule has 3 aromatic rings. The van der Waals surface area contributed by atoms with Gasteiger partial charge in [0.05, 0.1) is 12.3 Å². The molecule has 0 spiro atoms. The van der Waals surface area contributed by atoms with Crippen molar-refractivity contribution in [1.29, 1.82) is 0 Å². The number of benzene rings is 2. The van der Waals surface area contributed by atoms with Gasteiger partial charge in [-0.3, -0.25) is 4.79 Å². The molecule has 6 nitrogen and oxygen atoms in total. The summed E-state index contributed by atoms with van der Waals surface area (Å²) in [5.74, 6) is 1.35. The number of carbonyl (C=O) groups excluding carboxylic acids is 1. The van der Waals surface area contributed by atoms with E-state index in [2.05, 4.69) is 20.8 Å². The number of anilines is 3. The van der Waals surface area contributed by atoms with Crippen LogP contribution in [0.1, 0.15) is 17.3 Å². The fourth-order valence-electron chi connectivity index (χ4n) is 2.24. The number of hydrogen-bond donors (Lipinski definition) is 2. The Kier molecular flexibility index (Phi) is 5.66. The predicted octanol–water partition coefficient (Wildman–Crippen LogP) is 4.52. The van der Waals surface area contributed by atoms with Crippen molar-refractivity contribution in [2.75, 3.05) is 17.2 Å². The van der Waals surface area contributed by atoms with Crippen LogP contribution in [0.25, 0.3) is 0 Å². The first kappa shape index (κ1) is 17.7. The number of halogens is 1. The van der Waals surface area contributed by atoms with E-state index in [1.807, 2.05) is 31.2 Å². The number of ether oxygens (including phenoxy) is 1. The maximum absolute atomic E-state index is 12.2. The summed E-state index contributed by atoms with van der Waals surface area (Å²) in [5, 5.41) is 14.5. The van der Waals surface area contributed by atoms with Gasteiger partial charge in [0.2, 0.25) is 0 Å². The SMILES string of the molecule is CCOc1ccccc1Nc1ccc(NC(=O)c2ccc(Cl)cc2)nn1. The highest BCUT2D eigenvalue weighted by Gasteiger charge is 2.08. The van der Waals surface area contributed by atoms with Crippen molar-refractivity contribution < 1.29 is 9.53 Å². The van der Waals surface area contributed by atoms with Gasteiger partial charge in [-0.2, -0.15) is 0 Å². The van der Waals surface area contributed by atoms with Crippen LogP contribution in [0, 0.1) is 0 Å². The molecule has 0 aliphatic carbocycles. The zero-order valence-electron chi connectivity index (χ0n) is 14.1. The summed E-state index contributed by atoms with van der Waals surface area (Å²) in [6.45, 7) is 2.49. The zero-order chi connectivity index (χ0) is 18.4. The predicted molar refractivity (Wildman–Crippen MR) is 102 cm³/mol. The van der Waals surface area contributed by atoms with Crippen molar-refractivity contribution >= 4 is 34.8 Å². The summed E-state index contributed by atoms with van der Waals surface area (Å²) in [6.07, 6.45) is 0. The number of nitrogens with zero attached hydrogens (tertiary/aromatic N) is 2. The van der Waals surface area contributed by atoms with Crippen LogP contribution < -0.4 is 15.4 Å². The smallest absolute Gasteiger partial charge is 0.256 e. The Balaban J connectivity index is 1.67. The zero-order valence-corrected chi connectivity index (χ0v) is 14.8. The average Bonchev–Trinajstić information content (AvgIpc) is 2.65. The van der Waals surface area contributed by atoms with Crippen molar-refractivity contribution in [3.63, 3.8) is 0 Å². The lowest BCUT2D eigenvalue weighted by Crippen LogP contribution is -2.13. The molecule has 0 saturated carbocycles. The topological polar surface area (TPSA) is 76.1 Å². The lowest BCUT2D eigenvalue weighted by Gasteiger charge is -2.11. The van der Waals surface area contributed by atoms with Crippen LogP contribution in [-0.2, 0) is 0 Å². The third kappa shape index (κ3) is 4.49. The Morgan fingerprint density at radius 3 is 2.38 bits per heavy atom. The normalized spacial score (nSPS) is 10.2. The maximum Gasteiger partial charge on any atom is 0.256 e. The van der Waals surface area contributed by atoms with E-state index in [9.17, 15) is 4.79 Å². The molecule has 3 rings (SSSR count). The summed E-state index contributed by atoms with van der Waals surface area (Å²) in [7, 11) is 0. The van der Waals surface area contributed by atoms with E-state index in [1.54, 1.807) is 36.4 Å². The average molecular weight is 369 g/mol. The monoisotopic (exact) mass is 368 g/mol. The molecule has 7 heteroatoms. The molecule has 0 fully saturated rings. The van der Waals surface area contributed by atoms with Gasteiger partial charge < -0.3 is 15.4 Å². The van der Waals surface area contributed by atoms with Gasteiger partial charge in [-0.25, -0.2) is 0 Å². The van der Waals surface area contributed by atoms with Gasteiger partial charge in [0.15, 0.2) is 11.6 Å². The van der Waals surface area contributed by atoms with Crippen molar-refractivity contribution in [2.45, 2.75) is 6.92 Å². The van der Waals surface area contributed by atoms with Crippen LogP contribution >= 0.6 is 11.6 Å². The summed E-state index contributed by atoms with van der Waals surface area (Å²) < 4.78 is 5.57. The van der Waals surface area contributed by atoms with E-state index in [4.69, 9.17) is 16.3 Å². The third-order valence-electron chi connectivity index (χ3n) is 3.46. The van der Waals surface area contributed by atoms with E-state index in [0.29, 0.717) is 28.8 Å². The molecule has 0 bridgehead atoms. The van der Waals surface area contributed by atoms with Crippen LogP contribution in [0.5, 0.6) is 5.75 Å². The van der Waals surface area contributed by atoms with Crippen LogP contribution in [0.2, 0.25) is 5.02 Å². The number of nitrogens with one attached hydrogen (secondary N) is 2. The Hall–Kier alpha value is -3.12. The molecular weight excluding hydrogens is 352 g/mol. The Bertz CT molecular complexity index is 883. The number of rotatable bonds is 6. The van der Waals surface area contributed by atoms with E-state index in [0.717, 1.165) is 11.4 Å². The second kappa shape index (κ2) is 8.31. The molecule has 1 aromatic heterocycles. The molecule has 132 valence electrons. The number of carbonyl (C=O) groups is 1. The molecular formula is C19H17ClN4O2. The maximum atomic E-state index is 12.2. The van der Waals surface area contributed by atoms with Crippen LogP contribution in [0.4, 0.5) is 17.3 Å². The second-order valence-electron chi connectivity index (χ2n) is 5.32. The number of aromatic nitrogens is 2. The van der Waals surface area contributed by atoms with Crippen LogP contribution in [0.3, 0.4) is 0 Å². The van der Waals surface area contributed by atoms with Gasteiger partial charge in [-0.15, -0.1) is 10.2 Å². The van der Waals surface area contributed by atoms with E-state index >= 15 is 0 Å². The van der Waals surface area contributed by atoms with Crippen LogP contribution in [0.15, 0.2) is 60.7 Å². The lowest BCUT2D eigenvalue weighted by molar-refractivity contribution is 0.102. The van der Waals surface area contributed by atoms with Gasteiger partial charge in [0.25, 0.3) is 5.91 Å². The molecule has 1 amide bonds. The minimum Gasteiger partial charge on any atom is -0.492 e. The van der Waals surface area contributed by atoms with Crippen molar-refractivity contribution in [2.24, 2.45) is 0 Å². The highest BCUT2D eigenvalue weighted by molar-refractivity contribution is 6.30. The minimum atomic E-state index is -0.279. The first-order chi connectivity index (χ1) is 12.7. The van der Waals surface area contributed by atoms with Gasteiger partial charge in [-0.1, -0.05) is 23.7 Å². The van der Waals surface area contributed by atoms with Crippen molar-refractivity contribution in [3.8, 4) is 5.75 Å². The second-order valence-corrected chi connectivity index (χ2v) is 5.76. The summed E-state index contributed by atoms with van der Waals surface area (Å²) >= 11 is 5.82. The first-order valence-electron chi connectivity index (χ1n) is 8.05. The quantitative estimate of drug-likeness (QED) is 0.668. The molecule has 2 N–H and O–H groups in total. The van der Waals surface area contributed by atoms with Crippen LogP contribution in [-0.4, -0.2) is 22.7 Å². The van der Waals surface area contributed by atoms with E-state index in [-0.39, 0.29) is 5.91 Å². The molecule has 0 aliphatic heterocycles. The Morgan fingerprint density at radius 2 is 1.69 bits per heavy atom. The van der Waals surface area contributed by atoms with Gasteiger partial charge in [0, 0.05) is 10.6 Å². The minimum absolute atomic E-state index is 0.279. The summed E-state index contributed by atoms with van der Waals surface area (Å²) in [5.41, 5.74) is 1.28. The molecule has 0 radical (unpaired) electrons. The van der Waals surface area contributed by atoms with Crippen molar-refractivity contribution in [3.05, 3.63) is 71.2 Å². The van der Waals surface area contributed by atoms with Gasteiger partial charge in [-0.05, 0) is 55.5 Å². The van der Waals surface area contributed by atoms with Gasteiger partial charge in [0.1, 0.15) is 5.75 Å². The molecule has 0 unspecified atom stereocenters. The molecule has 0 atom stereocenters. The lowest BCUT2D eigenvalue weighted by atomic mass is 10.2. The standard InChI is InChI=1S/C19H17ClN4O2/c1-2-26-16-6-4-3-5-15(16)21-17-11-12-18(24-23-17)22-19(25)13-7-9-14(20)10-8-13/h3-12H,2H2,1H3,(H,21,23)(H,22,24,25). The highest BCUT2D eigenvalue weighted by atomic mass is 35.5. The highest BCUT2D eigenvalue weighted by Crippen LogP contribution is 2.26. The number of hydrogen-bond acceptors (Lipinski definition) is 5. The molecule has 2 aromatic carbocycles. The first-order valence-corrected chi connectivity index (χ1v) is 8.43. The third-order valence-corrected chi connectivity index (χ3v) is 3.71. The number of para-hydroxylation sites is 2. The van der Waals surface area contributed by atoms with E-state index in [1.165, 1.54) is 0 Å². The molecule has 0 aliphatic rings. The summed E-state index contributed by atoms with van der Waals surface area (Å²) in [4.78, 5) is 12.2.